The molecular weight excluding hydrogens is 269 g/mol. The Morgan fingerprint density at radius 3 is 2.67 bits per heavy atom. The molecule has 106 valence electrons. The molecule has 0 aliphatic carbocycles. The Bertz CT molecular complexity index is 786. The van der Waals surface area contributed by atoms with E-state index in [9.17, 15) is 4.39 Å². The molecule has 21 heavy (non-hydrogen) atoms. The summed E-state index contributed by atoms with van der Waals surface area (Å²) in [5.74, 6) is -0.258. The highest BCUT2D eigenvalue weighted by atomic mass is 19.1. The molecule has 0 unspecified atom stereocenters. The highest BCUT2D eigenvalue weighted by molar-refractivity contribution is 5.80. The lowest BCUT2D eigenvalue weighted by Gasteiger charge is -2.07. The summed E-state index contributed by atoms with van der Waals surface area (Å²) in [7, 11) is 0. The van der Waals surface area contributed by atoms with Gasteiger partial charge in [-0.15, -0.1) is 0 Å². The van der Waals surface area contributed by atoms with Crippen LogP contribution >= 0.6 is 0 Å². The Balaban J connectivity index is 2.16. The maximum absolute atomic E-state index is 12.9. The van der Waals surface area contributed by atoms with E-state index in [2.05, 4.69) is 26.9 Å². The van der Waals surface area contributed by atoms with E-state index in [0.29, 0.717) is 11.2 Å². The van der Waals surface area contributed by atoms with Gasteiger partial charge in [-0.05, 0) is 30.7 Å². The maximum Gasteiger partial charge on any atom is 0.220 e. The van der Waals surface area contributed by atoms with Crippen molar-refractivity contribution in [1.29, 1.82) is 0 Å². The fraction of sp³-hybridized carbons (Fsp3) is 0.200. The zero-order chi connectivity index (χ0) is 14.8. The van der Waals surface area contributed by atoms with Crippen molar-refractivity contribution in [2.45, 2.75) is 19.8 Å². The first-order valence-corrected chi connectivity index (χ1v) is 6.72. The smallest absolute Gasteiger partial charge is 0.220 e. The van der Waals surface area contributed by atoms with Gasteiger partial charge in [-0.25, -0.2) is 19.9 Å². The predicted octanol–water partition coefficient (Wildman–Crippen LogP) is 2.76. The number of fused-ring (bicyclic) bond motifs is 1. The number of rotatable bonds is 3. The van der Waals surface area contributed by atoms with E-state index < -0.39 is 5.95 Å². The van der Waals surface area contributed by atoms with Crippen molar-refractivity contribution in [3.63, 3.8) is 0 Å². The van der Waals surface area contributed by atoms with Crippen molar-refractivity contribution in [2.24, 2.45) is 0 Å². The van der Waals surface area contributed by atoms with Crippen molar-refractivity contribution in [3.8, 4) is 11.3 Å². The highest BCUT2D eigenvalue weighted by Crippen LogP contribution is 2.22. The van der Waals surface area contributed by atoms with Crippen LogP contribution in [0.15, 0.2) is 30.5 Å². The molecule has 0 saturated heterocycles. The first kappa shape index (κ1) is 13.4. The number of aromatic nitrogens is 4. The third kappa shape index (κ3) is 2.65. The average molecular weight is 283 g/mol. The summed E-state index contributed by atoms with van der Waals surface area (Å²) in [5.41, 5.74) is 9.45. The van der Waals surface area contributed by atoms with E-state index in [1.54, 1.807) is 6.07 Å². The van der Waals surface area contributed by atoms with Crippen LogP contribution in [0.1, 0.15) is 19.0 Å². The minimum absolute atomic E-state index is 0.254. The van der Waals surface area contributed by atoms with Gasteiger partial charge in [0.25, 0.3) is 0 Å². The van der Waals surface area contributed by atoms with Gasteiger partial charge in [0.2, 0.25) is 11.9 Å². The summed E-state index contributed by atoms with van der Waals surface area (Å²) in [6.07, 6.45) is 3.18. The minimum Gasteiger partial charge on any atom is -0.368 e. The fourth-order valence-electron chi connectivity index (χ4n) is 2.19. The molecule has 3 heterocycles. The van der Waals surface area contributed by atoms with Gasteiger partial charge in [0.05, 0.1) is 16.9 Å². The molecule has 0 aromatic carbocycles. The van der Waals surface area contributed by atoms with Crippen LogP contribution in [0.3, 0.4) is 0 Å². The van der Waals surface area contributed by atoms with E-state index in [0.717, 1.165) is 29.6 Å². The second-order valence-corrected chi connectivity index (χ2v) is 4.71. The molecule has 0 radical (unpaired) electrons. The van der Waals surface area contributed by atoms with Gasteiger partial charge >= 0.3 is 0 Å². The predicted molar refractivity (Wildman–Crippen MR) is 78.9 cm³/mol. The summed E-state index contributed by atoms with van der Waals surface area (Å²) >= 11 is 0. The van der Waals surface area contributed by atoms with E-state index in [1.165, 1.54) is 12.3 Å². The third-order valence-corrected chi connectivity index (χ3v) is 3.14. The zero-order valence-electron chi connectivity index (χ0n) is 11.5. The normalized spacial score (nSPS) is 11.0. The second kappa shape index (κ2) is 5.40. The summed E-state index contributed by atoms with van der Waals surface area (Å²) in [6.45, 7) is 2.07. The lowest BCUT2D eigenvalue weighted by atomic mass is 10.1. The Morgan fingerprint density at radius 2 is 1.95 bits per heavy atom. The number of anilines is 1. The van der Waals surface area contributed by atoms with Crippen LogP contribution in [-0.4, -0.2) is 19.9 Å². The Morgan fingerprint density at radius 1 is 1.10 bits per heavy atom. The number of pyridine rings is 2. The van der Waals surface area contributed by atoms with Gasteiger partial charge < -0.3 is 5.73 Å². The molecule has 0 bridgehead atoms. The molecular formula is C15H14FN5. The standard InChI is InChI=1S/C15H14FN5/c1-2-3-11-14-12(21-15(17)20-11)6-5-10(19-14)9-4-7-13(16)18-8-9/h4-8H,2-3H2,1H3,(H2,17,20,21). The van der Waals surface area contributed by atoms with Gasteiger partial charge in [0, 0.05) is 11.8 Å². The van der Waals surface area contributed by atoms with Gasteiger partial charge in [-0.2, -0.15) is 4.39 Å². The van der Waals surface area contributed by atoms with Gasteiger partial charge in [-0.1, -0.05) is 13.3 Å². The molecule has 5 nitrogen and oxygen atoms in total. The molecule has 0 fully saturated rings. The molecule has 0 spiro atoms. The lowest BCUT2D eigenvalue weighted by Crippen LogP contribution is -2.02. The minimum atomic E-state index is -0.512. The number of nitrogens with zero attached hydrogens (tertiary/aromatic N) is 4. The number of hydrogen-bond acceptors (Lipinski definition) is 5. The van der Waals surface area contributed by atoms with Gasteiger partial charge in [0.1, 0.15) is 5.52 Å². The molecule has 0 saturated carbocycles. The molecule has 0 aliphatic rings. The lowest BCUT2D eigenvalue weighted by molar-refractivity contribution is 0.584. The number of nitrogens with two attached hydrogens (primary N) is 1. The highest BCUT2D eigenvalue weighted by Gasteiger charge is 2.09. The molecule has 0 aliphatic heterocycles. The third-order valence-electron chi connectivity index (χ3n) is 3.14. The number of nitrogen functional groups attached to an aromatic ring is 1. The number of aryl methyl sites for hydroxylation is 1. The quantitative estimate of drug-likeness (QED) is 0.748. The van der Waals surface area contributed by atoms with Crippen LogP contribution in [0.2, 0.25) is 0 Å². The van der Waals surface area contributed by atoms with E-state index in [1.807, 2.05) is 12.1 Å². The van der Waals surface area contributed by atoms with Crippen molar-refractivity contribution in [2.75, 3.05) is 5.73 Å². The molecule has 3 aromatic rings. The first-order chi connectivity index (χ1) is 10.2. The fourth-order valence-corrected chi connectivity index (χ4v) is 2.19. The van der Waals surface area contributed by atoms with Crippen molar-refractivity contribution >= 4 is 17.0 Å². The summed E-state index contributed by atoms with van der Waals surface area (Å²) < 4.78 is 12.9. The zero-order valence-corrected chi connectivity index (χ0v) is 11.5. The SMILES string of the molecule is CCCc1nc(N)nc2ccc(-c3ccc(F)nc3)nc12. The van der Waals surface area contributed by atoms with Crippen molar-refractivity contribution < 1.29 is 4.39 Å². The summed E-state index contributed by atoms with van der Waals surface area (Å²) in [5, 5.41) is 0. The Kier molecular flexibility index (Phi) is 3.43. The van der Waals surface area contributed by atoms with E-state index in [4.69, 9.17) is 5.73 Å². The summed E-state index contributed by atoms with van der Waals surface area (Å²) in [4.78, 5) is 16.7. The topological polar surface area (TPSA) is 77.6 Å². The maximum atomic E-state index is 12.9. The number of hydrogen-bond donors (Lipinski definition) is 1. The van der Waals surface area contributed by atoms with Crippen LogP contribution in [-0.2, 0) is 6.42 Å². The van der Waals surface area contributed by atoms with E-state index in [-0.39, 0.29) is 5.95 Å². The molecule has 6 heteroatoms. The van der Waals surface area contributed by atoms with Crippen LogP contribution in [0.25, 0.3) is 22.3 Å². The van der Waals surface area contributed by atoms with Crippen molar-refractivity contribution in [1.82, 2.24) is 19.9 Å². The Hall–Kier alpha value is -2.63. The molecule has 3 aromatic heterocycles. The second-order valence-electron chi connectivity index (χ2n) is 4.71. The average Bonchev–Trinajstić information content (AvgIpc) is 2.48. The van der Waals surface area contributed by atoms with Crippen molar-refractivity contribution in [3.05, 3.63) is 42.1 Å². The van der Waals surface area contributed by atoms with E-state index >= 15 is 0 Å². The monoisotopic (exact) mass is 283 g/mol. The van der Waals surface area contributed by atoms with Crippen LogP contribution < -0.4 is 5.73 Å². The Labute approximate surface area is 121 Å². The first-order valence-electron chi connectivity index (χ1n) is 6.72. The van der Waals surface area contributed by atoms with Crippen LogP contribution in [0.4, 0.5) is 10.3 Å². The van der Waals surface area contributed by atoms with Crippen LogP contribution in [0.5, 0.6) is 0 Å². The van der Waals surface area contributed by atoms with Gasteiger partial charge in [0.15, 0.2) is 0 Å². The number of halogens is 1. The molecule has 2 N–H and O–H groups in total. The van der Waals surface area contributed by atoms with Gasteiger partial charge in [-0.3, -0.25) is 0 Å². The molecule has 0 amide bonds. The summed E-state index contributed by atoms with van der Waals surface area (Å²) in [6, 6.07) is 6.62. The molecule has 3 rings (SSSR count). The largest absolute Gasteiger partial charge is 0.368 e. The molecule has 0 atom stereocenters. The van der Waals surface area contributed by atoms with Crippen LogP contribution in [0, 0.1) is 5.95 Å².